The van der Waals surface area contributed by atoms with Gasteiger partial charge in [0.05, 0.1) is 0 Å². The summed E-state index contributed by atoms with van der Waals surface area (Å²) in [5, 5.41) is 6.39. The first kappa shape index (κ1) is 18.2. The highest BCUT2D eigenvalue weighted by Crippen LogP contribution is 2.58. The first-order chi connectivity index (χ1) is 11.7. The minimum Gasteiger partial charge on any atom is -0.339 e. The fourth-order valence-corrected chi connectivity index (χ4v) is 4.22. The van der Waals surface area contributed by atoms with Crippen LogP contribution in [0.1, 0.15) is 42.5 Å². The van der Waals surface area contributed by atoms with Crippen LogP contribution in [0.15, 0.2) is 24.3 Å². The highest BCUT2D eigenvalue weighted by Gasteiger charge is 2.57. The minimum atomic E-state index is 0. The van der Waals surface area contributed by atoms with Crippen LogP contribution in [-0.2, 0) is 4.79 Å². The van der Waals surface area contributed by atoms with Crippen LogP contribution in [-0.4, -0.2) is 42.9 Å². The van der Waals surface area contributed by atoms with Crippen molar-refractivity contribution in [1.82, 2.24) is 10.2 Å². The Balaban J connectivity index is 0.00000182. The maximum Gasteiger partial charge on any atom is 0.253 e. The van der Waals surface area contributed by atoms with E-state index in [0.717, 1.165) is 64.0 Å². The van der Waals surface area contributed by atoms with Crippen molar-refractivity contribution < 1.29 is 9.59 Å². The Kier molecular flexibility index (Phi) is 5.35. The first-order valence-corrected chi connectivity index (χ1v) is 9.09. The molecule has 1 aliphatic carbocycles. The van der Waals surface area contributed by atoms with Crippen molar-refractivity contribution in [3.8, 4) is 0 Å². The van der Waals surface area contributed by atoms with Gasteiger partial charge in [-0.25, -0.2) is 0 Å². The van der Waals surface area contributed by atoms with Gasteiger partial charge in [-0.05, 0) is 74.9 Å². The lowest BCUT2D eigenvalue weighted by atomic mass is 9.92. The molecular formula is C19H26ClN3O2. The maximum absolute atomic E-state index is 12.5. The smallest absolute Gasteiger partial charge is 0.253 e. The average Bonchev–Trinajstić information content (AvgIpc) is 3.05. The zero-order chi connectivity index (χ0) is 16.6. The number of halogens is 1. The molecule has 136 valence electrons. The van der Waals surface area contributed by atoms with Crippen LogP contribution in [0.5, 0.6) is 0 Å². The molecule has 3 fully saturated rings. The first-order valence-electron chi connectivity index (χ1n) is 9.09. The van der Waals surface area contributed by atoms with Crippen molar-refractivity contribution in [2.24, 2.45) is 11.3 Å². The number of hydrogen-bond acceptors (Lipinski definition) is 3. The summed E-state index contributed by atoms with van der Waals surface area (Å²) in [6.07, 6.45) is 5.42. The number of nitrogens with zero attached hydrogens (tertiary/aromatic N) is 1. The third-order valence-electron chi connectivity index (χ3n) is 5.90. The summed E-state index contributed by atoms with van der Waals surface area (Å²) in [4.78, 5) is 26.7. The molecule has 0 aromatic heterocycles. The Morgan fingerprint density at radius 2 is 1.72 bits per heavy atom. The lowest BCUT2D eigenvalue weighted by Gasteiger charge is -2.23. The Morgan fingerprint density at radius 3 is 2.36 bits per heavy atom. The summed E-state index contributed by atoms with van der Waals surface area (Å²) in [6.45, 7) is 3.76. The van der Waals surface area contributed by atoms with E-state index in [9.17, 15) is 9.59 Å². The van der Waals surface area contributed by atoms with Gasteiger partial charge in [0.2, 0.25) is 5.91 Å². The molecule has 5 nitrogen and oxygen atoms in total. The molecule has 1 saturated carbocycles. The number of carbonyl (C=O) groups excluding carboxylic acids is 2. The van der Waals surface area contributed by atoms with E-state index < -0.39 is 0 Å². The number of benzene rings is 1. The molecule has 2 saturated heterocycles. The highest BCUT2D eigenvalue weighted by atomic mass is 35.5. The Hall–Kier alpha value is -1.59. The van der Waals surface area contributed by atoms with Gasteiger partial charge in [0.15, 0.2) is 0 Å². The van der Waals surface area contributed by atoms with E-state index in [0.29, 0.717) is 5.56 Å². The molecule has 0 radical (unpaired) electrons. The number of nitrogens with one attached hydrogen (secondary N) is 2. The number of hydrogen-bond donors (Lipinski definition) is 2. The molecule has 2 aliphatic heterocycles. The van der Waals surface area contributed by atoms with Gasteiger partial charge in [-0.1, -0.05) is 0 Å². The van der Waals surface area contributed by atoms with Gasteiger partial charge in [-0.15, -0.1) is 12.4 Å². The number of piperidine rings is 1. The maximum atomic E-state index is 12.5. The lowest BCUT2D eigenvalue weighted by Crippen LogP contribution is -2.31. The molecule has 1 unspecified atom stereocenters. The van der Waals surface area contributed by atoms with Gasteiger partial charge >= 0.3 is 0 Å². The molecule has 0 bridgehead atoms. The minimum absolute atomic E-state index is 0. The SMILES string of the molecule is Cl.O=C(Nc1ccc(C(=O)N2CCCC2)cc1)C1CC12CCNCC2. The quantitative estimate of drug-likeness (QED) is 0.867. The van der Waals surface area contributed by atoms with E-state index in [1.165, 1.54) is 0 Å². The average molecular weight is 364 g/mol. The molecule has 2 N–H and O–H groups in total. The van der Waals surface area contributed by atoms with E-state index in [2.05, 4.69) is 10.6 Å². The predicted octanol–water partition coefficient (Wildman–Crippen LogP) is 2.67. The summed E-state index contributed by atoms with van der Waals surface area (Å²) in [7, 11) is 0. The molecule has 4 rings (SSSR count). The van der Waals surface area contributed by atoms with E-state index in [-0.39, 0.29) is 35.6 Å². The molecule has 1 aromatic rings. The van der Waals surface area contributed by atoms with E-state index in [4.69, 9.17) is 0 Å². The Morgan fingerprint density at radius 1 is 1.08 bits per heavy atom. The zero-order valence-corrected chi connectivity index (χ0v) is 15.2. The lowest BCUT2D eigenvalue weighted by molar-refractivity contribution is -0.118. The molecular weight excluding hydrogens is 338 g/mol. The standard InChI is InChI=1S/C19H25N3O2.ClH/c23-17(16-13-19(16)7-9-20-10-8-19)21-15-5-3-14(4-6-15)18(24)22-11-1-2-12-22;/h3-6,16,20H,1-2,7-13H2,(H,21,23);1H. The number of rotatable bonds is 3. The second-order valence-corrected chi connectivity index (χ2v) is 7.43. The van der Waals surface area contributed by atoms with Crippen molar-refractivity contribution in [1.29, 1.82) is 0 Å². The predicted molar refractivity (Wildman–Crippen MR) is 100 cm³/mol. The number of amides is 2. The van der Waals surface area contributed by atoms with Crippen LogP contribution in [0.4, 0.5) is 5.69 Å². The van der Waals surface area contributed by atoms with Crippen molar-refractivity contribution in [2.45, 2.75) is 32.1 Å². The molecule has 25 heavy (non-hydrogen) atoms. The van der Waals surface area contributed by atoms with Gasteiger partial charge in [0.1, 0.15) is 0 Å². The van der Waals surface area contributed by atoms with Gasteiger partial charge in [-0.2, -0.15) is 0 Å². The van der Waals surface area contributed by atoms with Crippen LogP contribution in [0, 0.1) is 11.3 Å². The normalized spacial score (nSPS) is 23.8. The molecule has 1 spiro atoms. The van der Waals surface area contributed by atoms with Crippen LogP contribution < -0.4 is 10.6 Å². The van der Waals surface area contributed by atoms with Crippen molar-refractivity contribution in [2.75, 3.05) is 31.5 Å². The third-order valence-corrected chi connectivity index (χ3v) is 5.90. The van der Waals surface area contributed by atoms with E-state index in [1.807, 2.05) is 29.2 Å². The number of carbonyl (C=O) groups is 2. The summed E-state index contributed by atoms with van der Waals surface area (Å²) in [5.41, 5.74) is 1.74. The van der Waals surface area contributed by atoms with Gasteiger partial charge in [0.25, 0.3) is 5.91 Å². The summed E-state index contributed by atoms with van der Waals surface area (Å²) < 4.78 is 0. The molecule has 1 atom stereocenters. The van der Waals surface area contributed by atoms with Gasteiger partial charge < -0.3 is 15.5 Å². The largest absolute Gasteiger partial charge is 0.339 e. The number of likely N-dealkylation sites (tertiary alicyclic amines) is 1. The van der Waals surface area contributed by atoms with Crippen LogP contribution >= 0.6 is 12.4 Å². The molecule has 6 heteroatoms. The van der Waals surface area contributed by atoms with E-state index >= 15 is 0 Å². The van der Waals surface area contributed by atoms with E-state index in [1.54, 1.807) is 0 Å². The van der Waals surface area contributed by atoms with Crippen LogP contribution in [0.25, 0.3) is 0 Å². The Labute approximate surface area is 154 Å². The number of anilines is 1. The Bertz CT molecular complexity index is 635. The monoisotopic (exact) mass is 363 g/mol. The van der Waals surface area contributed by atoms with Gasteiger partial charge in [-0.3, -0.25) is 9.59 Å². The highest BCUT2D eigenvalue weighted by molar-refractivity contribution is 5.97. The molecule has 3 aliphatic rings. The van der Waals surface area contributed by atoms with Crippen LogP contribution in [0.2, 0.25) is 0 Å². The van der Waals surface area contributed by atoms with Crippen LogP contribution in [0.3, 0.4) is 0 Å². The van der Waals surface area contributed by atoms with Crippen molar-refractivity contribution >= 4 is 29.9 Å². The summed E-state index contributed by atoms with van der Waals surface area (Å²) >= 11 is 0. The van der Waals surface area contributed by atoms with Crippen molar-refractivity contribution in [3.63, 3.8) is 0 Å². The third kappa shape index (κ3) is 3.67. The topological polar surface area (TPSA) is 61.4 Å². The molecule has 2 amide bonds. The van der Waals surface area contributed by atoms with Crippen molar-refractivity contribution in [3.05, 3.63) is 29.8 Å². The second kappa shape index (κ2) is 7.34. The zero-order valence-electron chi connectivity index (χ0n) is 14.4. The second-order valence-electron chi connectivity index (χ2n) is 7.43. The molecule has 2 heterocycles. The summed E-state index contributed by atoms with van der Waals surface area (Å²) in [6, 6.07) is 7.34. The fourth-order valence-electron chi connectivity index (χ4n) is 4.22. The van der Waals surface area contributed by atoms with Gasteiger partial charge in [0, 0.05) is 30.3 Å². The molecule has 1 aromatic carbocycles. The fraction of sp³-hybridized carbons (Fsp3) is 0.579. The summed E-state index contributed by atoms with van der Waals surface area (Å²) in [5.74, 6) is 0.391.